The molecule has 0 bridgehead atoms. The SMILES string of the molecule is Cc1cccc(C(C)N2CCCC(N3CCCC3=O)C2)c1. The third-order valence-electron chi connectivity index (χ3n) is 5.05. The molecule has 2 unspecified atom stereocenters. The second-order valence-corrected chi connectivity index (χ2v) is 6.57. The quantitative estimate of drug-likeness (QED) is 0.852. The standard InChI is InChI=1S/C18H26N2O/c1-14-6-3-7-16(12-14)15(2)19-10-4-8-17(13-19)20-11-5-9-18(20)21/h3,6-7,12,15,17H,4-5,8-11,13H2,1-2H3. The molecule has 0 N–H and O–H groups in total. The molecule has 1 aromatic rings. The van der Waals surface area contributed by atoms with Gasteiger partial charge in [0.1, 0.15) is 0 Å². The van der Waals surface area contributed by atoms with Crippen molar-refractivity contribution in [3.05, 3.63) is 35.4 Å². The molecule has 3 nitrogen and oxygen atoms in total. The van der Waals surface area contributed by atoms with Gasteiger partial charge in [-0.1, -0.05) is 29.8 Å². The van der Waals surface area contributed by atoms with Gasteiger partial charge in [-0.2, -0.15) is 0 Å². The van der Waals surface area contributed by atoms with E-state index in [1.54, 1.807) is 0 Å². The lowest BCUT2D eigenvalue weighted by atomic mass is 9.98. The lowest BCUT2D eigenvalue weighted by Gasteiger charge is -2.40. The molecule has 1 aromatic carbocycles. The van der Waals surface area contributed by atoms with E-state index in [-0.39, 0.29) is 0 Å². The van der Waals surface area contributed by atoms with Gasteiger partial charge in [0.15, 0.2) is 0 Å². The van der Waals surface area contributed by atoms with Gasteiger partial charge in [0.2, 0.25) is 5.91 Å². The van der Waals surface area contributed by atoms with Crippen LogP contribution >= 0.6 is 0 Å². The summed E-state index contributed by atoms with van der Waals surface area (Å²) in [6, 6.07) is 9.67. The molecule has 2 fully saturated rings. The van der Waals surface area contributed by atoms with Crippen LogP contribution in [0.25, 0.3) is 0 Å². The number of likely N-dealkylation sites (tertiary alicyclic amines) is 2. The summed E-state index contributed by atoms with van der Waals surface area (Å²) in [4.78, 5) is 16.7. The molecule has 3 rings (SSSR count). The number of rotatable bonds is 3. The fraction of sp³-hybridized carbons (Fsp3) is 0.611. The monoisotopic (exact) mass is 286 g/mol. The first-order valence-electron chi connectivity index (χ1n) is 8.25. The van der Waals surface area contributed by atoms with Crippen molar-refractivity contribution in [2.45, 2.75) is 51.6 Å². The van der Waals surface area contributed by atoms with Gasteiger partial charge >= 0.3 is 0 Å². The largest absolute Gasteiger partial charge is 0.338 e. The highest BCUT2D eigenvalue weighted by atomic mass is 16.2. The average molecular weight is 286 g/mol. The lowest BCUT2D eigenvalue weighted by Crippen LogP contribution is -2.48. The van der Waals surface area contributed by atoms with E-state index in [1.807, 2.05) is 0 Å². The number of hydrogen-bond donors (Lipinski definition) is 0. The maximum atomic E-state index is 12.0. The molecule has 0 aliphatic carbocycles. The third-order valence-corrected chi connectivity index (χ3v) is 5.05. The van der Waals surface area contributed by atoms with Crippen molar-refractivity contribution in [1.82, 2.24) is 9.80 Å². The zero-order valence-electron chi connectivity index (χ0n) is 13.2. The van der Waals surface area contributed by atoms with E-state index in [0.717, 1.165) is 32.5 Å². The van der Waals surface area contributed by atoms with Crippen molar-refractivity contribution in [2.24, 2.45) is 0 Å². The summed E-state index contributed by atoms with van der Waals surface area (Å²) in [5.41, 5.74) is 2.71. The second-order valence-electron chi connectivity index (χ2n) is 6.57. The van der Waals surface area contributed by atoms with Crippen LogP contribution in [0.15, 0.2) is 24.3 Å². The minimum Gasteiger partial charge on any atom is -0.338 e. The first kappa shape index (κ1) is 14.6. The number of carbonyl (C=O) groups excluding carboxylic acids is 1. The fourth-order valence-corrected chi connectivity index (χ4v) is 3.79. The Morgan fingerprint density at radius 2 is 2.10 bits per heavy atom. The van der Waals surface area contributed by atoms with Crippen LogP contribution in [0.3, 0.4) is 0 Å². The average Bonchev–Trinajstić information content (AvgIpc) is 2.93. The van der Waals surface area contributed by atoms with E-state index in [0.29, 0.717) is 18.0 Å². The van der Waals surface area contributed by atoms with E-state index in [9.17, 15) is 4.79 Å². The van der Waals surface area contributed by atoms with Crippen molar-refractivity contribution in [1.29, 1.82) is 0 Å². The Bertz CT molecular complexity index is 514. The highest BCUT2D eigenvalue weighted by molar-refractivity contribution is 5.78. The molecular formula is C18H26N2O. The maximum absolute atomic E-state index is 12.0. The van der Waals surface area contributed by atoms with E-state index in [2.05, 4.69) is 47.9 Å². The smallest absolute Gasteiger partial charge is 0.222 e. The van der Waals surface area contributed by atoms with Gasteiger partial charge in [-0.3, -0.25) is 9.69 Å². The van der Waals surface area contributed by atoms with E-state index in [1.165, 1.54) is 24.0 Å². The molecule has 114 valence electrons. The Balaban J connectivity index is 1.69. The molecule has 3 heteroatoms. The van der Waals surface area contributed by atoms with Crippen LogP contribution < -0.4 is 0 Å². The van der Waals surface area contributed by atoms with Gasteiger partial charge in [0.25, 0.3) is 0 Å². The number of hydrogen-bond acceptors (Lipinski definition) is 2. The highest BCUT2D eigenvalue weighted by Gasteiger charge is 2.32. The molecule has 0 radical (unpaired) electrons. The highest BCUT2D eigenvalue weighted by Crippen LogP contribution is 2.28. The van der Waals surface area contributed by atoms with Crippen LogP contribution in [0.2, 0.25) is 0 Å². The Kier molecular flexibility index (Phi) is 4.29. The van der Waals surface area contributed by atoms with Crippen LogP contribution in [0, 0.1) is 6.92 Å². The molecular weight excluding hydrogens is 260 g/mol. The van der Waals surface area contributed by atoms with Crippen molar-refractivity contribution in [2.75, 3.05) is 19.6 Å². The molecule has 1 amide bonds. The van der Waals surface area contributed by atoms with Crippen LogP contribution in [-0.4, -0.2) is 41.4 Å². The second kappa shape index (κ2) is 6.18. The van der Waals surface area contributed by atoms with Crippen molar-refractivity contribution in [3.63, 3.8) is 0 Å². The zero-order valence-corrected chi connectivity index (χ0v) is 13.2. The summed E-state index contributed by atoms with van der Waals surface area (Å²) in [7, 11) is 0. The topological polar surface area (TPSA) is 23.6 Å². The Morgan fingerprint density at radius 3 is 2.81 bits per heavy atom. The number of carbonyl (C=O) groups is 1. The number of nitrogens with zero attached hydrogens (tertiary/aromatic N) is 2. The predicted octanol–water partition coefficient (Wildman–Crippen LogP) is 3.14. The molecule has 2 saturated heterocycles. The molecule has 2 aliphatic heterocycles. The van der Waals surface area contributed by atoms with Crippen LogP contribution in [0.4, 0.5) is 0 Å². The van der Waals surface area contributed by atoms with Crippen molar-refractivity contribution >= 4 is 5.91 Å². The van der Waals surface area contributed by atoms with Crippen LogP contribution in [0.1, 0.15) is 49.8 Å². The maximum Gasteiger partial charge on any atom is 0.222 e. The minimum atomic E-state index is 0.366. The van der Waals surface area contributed by atoms with Gasteiger partial charge in [-0.15, -0.1) is 0 Å². The Hall–Kier alpha value is -1.35. The number of piperidine rings is 1. The van der Waals surface area contributed by atoms with Gasteiger partial charge in [-0.25, -0.2) is 0 Å². The zero-order chi connectivity index (χ0) is 14.8. The summed E-state index contributed by atoms with van der Waals surface area (Å²) in [5.74, 6) is 0.366. The number of amides is 1. The van der Waals surface area contributed by atoms with Gasteiger partial charge < -0.3 is 4.90 Å². The van der Waals surface area contributed by atoms with Crippen molar-refractivity contribution < 1.29 is 4.79 Å². The summed E-state index contributed by atoms with van der Waals surface area (Å²) >= 11 is 0. The molecule has 0 saturated carbocycles. The lowest BCUT2D eigenvalue weighted by molar-refractivity contribution is -0.130. The van der Waals surface area contributed by atoms with Crippen LogP contribution in [0.5, 0.6) is 0 Å². The summed E-state index contributed by atoms with van der Waals surface area (Å²) in [6.45, 7) is 7.59. The molecule has 2 aliphatic rings. The number of benzene rings is 1. The van der Waals surface area contributed by atoms with Crippen LogP contribution in [-0.2, 0) is 4.79 Å². The van der Waals surface area contributed by atoms with E-state index < -0.39 is 0 Å². The molecule has 0 aromatic heterocycles. The third kappa shape index (κ3) is 3.13. The minimum absolute atomic E-state index is 0.366. The summed E-state index contributed by atoms with van der Waals surface area (Å²) in [5, 5.41) is 0. The normalized spacial score (nSPS) is 25.3. The molecule has 21 heavy (non-hydrogen) atoms. The first-order chi connectivity index (χ1) is 10.1. The van der Waals surface area contributed by atoms with E-state index in [4.69, 9.17) is 0 Å². The van der Waals surface area contributed by atoms with Gasteiger partial charge in [0.05, 0.1) is 0 Å². The predicted molar refractivity (Wildman–Crippen MR) is 85.1 cm³/mol. The molecule has 0 spiro atoms. The van der Waals surface area contributed by atoms with Crippen molar-refractivity contribution in [3.8, 4) is 0 Å². The van der Waals surface area contributed by atoms with E-state index >= 15 is 0 Å². The Morgan fingerprint density at radius 1 is 1.24 bits per heavy atom. The van der Waals surface area contributed by atoms with Gasteiger partial charge in [0, 0.05) is 31.6 Å². The summed E-state index contributed by atoms with van der Waals surface area (Å²) < 4.78 is 0. The first-order valence-corrected chi connectivity index (χ1v) is 8.25. The fourth-order valence-electron chi connectivity index (χ4n) is 3.79. The number of aryl methyl sites for hydroxylation is 1. The summed E-state index contributed by atoms with van der Waals surface area (Å²) in [6.07, 6.45) is 4.17. The molecule has 2 heterocycles. The van der Waals surface area contributed by atoms with Gasteiger partial charge in [-0.05, 0) is 45.2 Å². The molecule has 2 atom stereocenters. The Labute approximate surface area is 127 Å².